The van der Waals surface area contributed by atoms with Crippen molar-refractivity contribution in [1.29, 1.82) is 0 Å². The first-order valence-electron chi connectivity index (χ1n) is 5.66. The van der Waals surface area contributed by atoms with Crippen molar-refractivity contribution in [3.63, 3.8) is 0 Å². The number of hydrogen-bond acceptors (Lipinski definition) is 2. The van der Waals surface area contributed by atoms with E-state index >= 15 is 0 Å². The lowest BCUT2D eigenvalue weighted by Gasteiger charge is -2.15. The Morgan fingerprint density at radius 1 is 1.53 bits per heavy atom. The number of carbonyl (C=O) groups excluding carboxylic acids is 2. The van der Waals surface area contributed by atoms with Crippen molar-refractivity contribution in [3.8, 4) is 0 Å². The standard InChI is InChI=1S/C11H20N2O2/c1-9(2)11(15)12-6-4-8-13-7-3-5-10(13)14/h9H,3-8H2,1-2H3,(H,12,15). The van der Waals surface area contributed by atoms with E-state index in [4.69, 9.17) is 0 Å². The highest BCUT2D eigenvalue weighted by Crippen LogP contribution is 2.09. The molecule has 15 heavy (non-hydrogen) atoms. The molecular formula is C11H20N2O2. The monoisotopic (exact) mass is 212 g/mol. The highest BCUT2D eigenvalue weighted by molar-refractivity contribution is 5.78. The third-order valence-electron chi connectivity index (χ3n) is 2.60. The molecule has 86 valence electrons. The summed E-state index contributed by atoms with van der Waals surface area (Å²) in [5, 5.41) is 2.84. The van der Waals surface area contributed by atoms with Crippen LogP contribution in [0.5, 0.6) is 0 Å². The fraction of sp³-hybridized carbons (Fsp3) is 0.818. The second-order valence-corrected chi connectivity index (χ2v) is 4.28. The van der Waals surface area contributed by atoms with Crippen molar-refractivity contribution in [2.24, 2.45) is 5.92 Å². The molecule has 4 nitrogen and oxygen atoms in total. The Morgan fingerprint density at radius 3 is 2.80 bits per heavy atom. The van der Waals surface area contributed by atoms with Crippen LogP contribution in [0.25, 0.3) is 0 Å². The molecule has 1 saturated heterocycles. The fourth-order valence-electron chi connectivity index (χ4n) is 1.63. The van der Waals surface area contributed by atoms with Crippen LogP contribution in [0.15, 0.2) is 0 Å². The second-order valence-electron chi connectivity index (χ2n) is 4.28. The molecular weight excluding hydrogens is 192 g/mol. The summed E-state index contributed by atoms with van der Waals surface area (Å²) in [6, 6.07) is 0. The molecule has 0 aromatic carbocycles. The van der Waals surface area contributed by atoms with Gasteiger partial charge in [-0.1, -0.05) is 13.8 Å². The van der Waals surface area contributed by atoms with Gasteiger partial charge in [-0.15, -0.1) is 0 Å². The van der Waals surface area contributed by atoms with Crippen LogP contribution in [0, 0.1) is 5.92 Å². The van der Waals surface area contributed by atoms with Gasteiger partial charge in [0, 0.05) is 32.0 Å². The first kappa shape index (κ1) is 12.0. The van der Waals surface area contributed by atoms with E-state index in [9.17, 15) is 9.59 Å². The SMILES string of the molecule is CC(C)C(=O)NCCCN1CCCC1=O. The zero-order chi connectivity index (χ0) is 11.3. The Balaban J connectivity index is 2.06. The first-order chi connectivity index (χ1) is 7.11. The molecule has 1 aliphatic heterocycles. The maximum atomic E-state index is 11.2. The minimum absolute atomic E-state index is 0.0402. The quantitative estimate of drug-likeness (QED) is 0.684. The molecule has 0 saturated carbocycles. The predicted molar refractivity (Wildman–Crippen MR) is 58.3 cm³/mol. The smallest absolute Gasteiger partial charge is 0.222 e. The van der Waals surface area contributed by atoms with E-state index in [2.05, 4.69) is 5.32 Å². The van der Waals surface area contributed by atoms with Crippen LogP contribution in [0.3, 0.4) is 0 Å². The van der Waals surface area contributed by atoms with Crippen LogP contribution in [-0.2, 0) is 9.59 Å². The summed E-state index contributed by atoms with van der Waals surface area (Å²) < 4.78 is 0. The number of nitrogens with one attached hydrogen (secondary N) is 1. The fourth-order valence-corrected chi connectivity index (χ4v) is 1.63. The Bertz CT molecular complexity index is 239. The van der Waals surface area contributed by atoms with Gasteiger partial charge in [0.05, 0.1) is 0 Å². The number of likely N-dealkylation sites (tertiary alicyclic amines) is 1. The molecule has 0 bridgehead atoms. The Morgan fingerprint density at radius 2 is 2.27 bits per heavy atom. The maximum absolute atomic E-state index is 11.2. The van der Waals surface area contributed by atoms with E-state index < -0.39 is 0 Å². The highest BCUT2D eigenvalue weighted by Gasteiger charge is 2.19. The van der Waals surface area contributed by atoms with Crippen LogP contribution in [0.1, 0.15) is 33.1 Å². The Hall–Kier alpha value is -1.06. The van der Waals surface area contributed by atoms with E-state index in [-0.39, 0.29) is 17.7 Å². The van der Waals surface area contributed by atoms with Crippen molar-refractivity contribution in [1.82, 2.24) is 10.2 Å². The number of amides is 2. The number of hydrogen-bond donors (Lipinski definition) is 1. The van der Waals surface area contributed by atoms with Gasteiger partial charge in [-0.05, 0) is 12.8 Å². The van der Waals surface area contributed by atoms with Crippen molar-refractivity contribution >= 4 is 11.8 Å². The van der Waals surface area contributed by atoms with Crippen molar-refractivity contribution in [3.05, 3.63) is 0 Å². The molecule has 4 heteroatoms. The molecule has 1 fully saturated rings. The molecule has 0 atom stereocenters. The molecule has 0 spiro atoms. The molecule has 1 aliphatic rings. The van der Waals surface area contributed by atoms with Crippen LogP contribution >= 0.6 is 0 Å². The van der Waals surface area contributed by atoms with Crippen LogP contribution in [-0.4, -0.2) is 36.3 Å². The summed E-state index contributed by atoms with van der Waals surface area (Å²) in [5.74, 6) is 0.381. The minimum Gasteiger partial charge on any atom is -0.356 e. The van der Waals surface area contributed by atoms with Crippen LogP contribution in [0.2, 0.25) is 0 Å². The molecule has 0 aromatic heterocycles. The molecule has 0 aliphatic carbocycles. The lowest BCUT2D eigenvalue weighted by molar-refractivity contribution is -0.127. The van der Waals surface area contributed by atoms with Crippen molar-refractivity contribution < 1.29 is 9.59 Å². The zero-order valence-corrected chi connectivity index (χ0v) is 9.58. The van der Waals surface area contributed by atoms with Gasteiger partial charge in [0.2, 0.25) is 11.8 Å². The Labute approximate surface area is 91.0 Å². The van der Waals surface area contributed by atoms with Gasteiger partial charge >= 0.3 is 0 Å². The number of rotatable bonds is 5. The maximum Gasteiger partial charge on any atom is 0.222 e. The van der Waals surface area contributed by atoms with Gasteiger partial charge in [-0.2, -0.15) is 0 Å². The molecule has 1 heterocycles. The van der Waals surface area contributed by atoms with E-state index in [0.29, 0.717) is 13.0 Å². The number of nitrogens with zero attached hydrogens (tertiary/aromatic N) is 1. The third-order valence-corrected chi connectivity index (χ3v) is 2.60. The molecule has 0 unspecified atom stereocenters. The van der Waals surface area contributed by atoms with Crippen LogP contribution in [0.4, 0.5) is 0 Å². The molecule has 1 rings (SSSR count). The summed E-state index contributed by atoms with van der Waals surface area (Å²) in [4.78, 5) is 24.3. The summed E-state index contributed by atoms with van der Waals surface area (Å²) in [5.41, 5.74) is 0. The lowest BCUT2D eigenvalue weighted by Crippen LogP contribution is -2.32. The van der Waals surface area contributed by atoms with E-state index in [0.717, 1.165) is 25.9 Å². The van der Waals surface area contributed by atoms with Gasteiger partial charge in [0.15, 0.2) is 0 Å². The minimum atomic E-state index is 0.0402. The summed E-state index contributed by atoms with van der Waals surface area (Å²) in [6.45, 7) is 6.08. The highest BCUT2D eigenvalue weighted by atomic mass is 16.2. The summed E-state index contributed by atoms with van der Waals surface area (Å²) in [7, 11) is 0. The first-order valence-corrected chi connectivity index (χ1v) is 5.66. The third kappa shape index (κ3) is 3.90. The average Bonchev–Trinajstić information content (AvgIpc) is 2.58. The van der Waals surface area contributed by atoms with Gasteiger partial charge in [-0.3, -0.25) is 9.59 Å². The zero-order valence-electron chi connectivity index (χ0n) is 9.58. The van der Waals surface area contributed by atoms with Gasteiger partial charge in [0.25, 0.3) is 0 Å². The van der Waals surface area contributed by atoms with E-state index in [1.165, 1.54) is 0 Å². The van der Waals surface area contributed by atoms with Gasteiger partial charge < -0.3 is 10.2 Å². The second kappa shape index (κ2) is 5.73. The lowest BCUT2D eigenvalue weighted by atomic mass is 10.2. The number of carbonyl (C=O) groups is 2. The van der Waals surface area contributed by atoms with Crippen LogP contribution < -0.4 is 5.32 Å². The van der Waals surface area contributed by atoms with Gasteiger partial charge in [-0.25, -0.2) is 0 Å². The molecule has 1 N–H and O–H groups in total. The van der Waals surface area contributed by atoms with Crippen molar-refractivity contribution in [2.75, 3.05) is 19.6 Å². The summed E-state index contributed by atoms with van der Waals surface area (Å²) in [6.07, 6.45) is 2.53. The average molecular weight is 212 g/mol. The summed E-state index contributed by atoms with van der Waals surface area (Å²) >= 11 is 0. The Kier molecular flexibility index (Phi) is 4.59. The topological polar surface area (TPSA) is 49.4 Å². The van der Waals surface area contributed by atoms with Crippen molar-refractivity contribution in [2.45, 2.75) is 33.1 Å². The molecule has 2 amide bonds. The van der Waals surface area contributed by atoms with Gasteiger partial charge in [0.1, 0.15) is 0 Å². The molecule has 0 radical (unpaired) electrons. The normalized spacial score (nSPS) is 16.2. The predicted octanol–water partition coefficient (Wildman–Crippen LogP) is 0.771. The van der Waals surface area contributed by atoms with E-state index in [1.807, 2.05) is 18.7 Å². The van der Waals surface area contributed by atoms with E-state index in [1.54, 1.807) is 0 Å². The molecule has 0 aromatic rings. The largest absolute Gasteiger partial charge is 0.356 e.